The number of carbonyl (C=O) groups is 2. The molecule has 0 saturated carbocycles. The van der Waals surface area contributed by atoms with E-state index in [4.69, 9.17) is 5.11 Å². The Balaban J connectivity index is 1.80. The van der Waals surface area contributed by atoms with Gasteiger partial charge in [0.1, 0.15) is 10.6 Å². The number of amides is 1. The molecule has 2 aliphatic heterocycles. The van der Waals surface area contributed by atoms with Crippen LogP contribution < -0.4 is 4.72 Å². The smallest absolute Gasteiger partial charge is 0.303 e. The first kappa shape index (κ1) is 25.8. The number of nitrogens with one attached hydrogen (secondary N) is 1. The maximum atomic E-state index is 14.4. The standard InChI is InChI=1S/C23H31F3N2O4S/c1-23(2,3)33(32)27-20(11-13-10-18(25)19(26)12-17(13)24)14-8-15-4-5-16(9-14)28(15)21(29)6-7-22(30)31/h10,12,14-16,20,27H,4-9,11H2,1-3H3,(H,30,31)/t14?,15?,16?,20-,33+/m1/s1. The van der Waals surface area contributed by atoms with E-state index >= 15 is 0 Å². The molecule has 6 nitrogen and oxygen atoms in total. The topological polar surface area (TPSA) is 92.7 Å². The molecule has 1 aromatic carbocycles. The van der Waals surface area contributed by atoms with Gasteiger partial charge in [-0.1, -0.05) is 0 Å². The Morgan fingerprint density at radius 2 is 1.70 bits per heavy atom. The Morgan fingerprint density at radius 1 is 1.12 bits per heavy atom. The van der Waals surface area contributed by atoms with Crippen molar-refractivity contribution in [3.8, 4) is 0 Å². The molecular weight excluding hydrogens is 457 g/mol. The molecule has 2 unspecified atom stereocenters. The average Bonchev–Trinajstić information content (AvgIpc) is 2.98. The minimum absolute atomic E-state index is 0.00428. The van der Waals surface area contributed by atoms with Gasteiger partial charge in [0.2, 0.25) is 5.91 Å². The third-order valence-electron chi connectivity index (χ3n) is 6.52. The zero-order chi connectivity index (χ0) is 24.5. The van der Waals surface area contributed by atoms with Crippen LogP contribution in [0.1, 0.15) is 64.9 Å². The number of halogens is 3. The van der Waals surface area contributed by atoms with Crippen molar-refractivity contribution in [3.63, 3.8) is 0 Å². The van der Waals surface area contributed by atoms with Gasteiger partial charge in [-0.25, -0.2) is 13.2 Å². The van der Waals surface area contributed by atoms with E-state index in [0.717, 1.165) is 18.9 Å². The molecule has 2 bridgehead atoms. The van der Waals surface area contributed by atoms with Gasteiger partial charge in [0.25, 0.3) is 0 Å². The Bertz CT molecular complexity index is 881. The van der Waals surface area contributed by atoms with E-state index < -0.39 is 45.6 Å². The molecule has 2 heterocycles. The summed E-state index contributed by atoms with van der Waals surface area (Å²) in [5.41, 5.74) is 0.00428. The summed E-state index contributed by atoms with van der Waals surface area (Å²) in [5.74, 6) is -4.52. The quantitative estimate of drug-likeness (QED) is 0.430. The summed E-state index contributed by atoms with van der Waals surface area (Å²) in [5, 5.41) is 8.88. The van der Waals surface area contributed by atoms with E-state index in [0.29, 0.717) is 18.9 Å². The first-order valence-corrected chi connectivity index (χ1v) is 12.4. The molecular formula is C23H31F3N2O4S. The van der Waals surface area contributed by atoms with Gasteiger partial charge in [-0.3, -0.25) is 9.59 Å². The lowest BCUT2D eigenvalue weighted by Gasteiger charge is -2.42. The van der Waals surface area contributed by atoms with Crippen LogP contribution in [0.5, 0.6) is 0 Å². The van der Waals surface area contributed by atoms with Gasteiger partial charge >= 0.3 is 5.97 Å². The van der Waals surface area contributed by atoms with E-state index in [1.54, 1.807) is 25.7 Å². The van der Waals surface area contributed by atoms with Gasteiger partial charge in [-0.2, -0.15) is 0 Å². The van der Waals surface area contributed by atoms with E-state index in [2.05, 4.69) is 4.72 Å². The lowest BCUT2D eigenvalue weighted by molar-refractivity contribution is -0.143. The molecule has 2 aliphatic rings. The van der Waals surface area contributed by atoms with E-state index in [-0.39, 0.29) is 48.7 Å². The zero-order valence-corrected chi connectivity index (χ0v) is 19.9. The second kappa shape index (κ2) is 10.2. The summed E-state index contributed by atoms with van der Waals surface area (Å²) in [6.07, 6.45) is 2.50. The number of piperidine rings is 1. The number of carbonyl (C=O) groups excluding carboxylic acids is 1. The second-order valence-electron chi connectivity index (χ2n) is 9.98. The number of rotatable bonds is 8. The van der Waals surface area contributed by atoms with Crippen molar-refractivity contribution in [3.05, 3.63) is 35.1 Å². The molecule has 0 spiro atoms. The van der Waals surface area contributed by atoms with Crippen molar-refractivity contribution >= 4 is 23.2 Å². The van der Waals surface area contributed by atoms with Crippen LogP contribution in [-0.2, 0) is 27.4 Å². The highest BCUT2D eigenvalue weighted by Crippen LogP contribution is 2.41. The van der Waals surface area contributed by atoms with Gasteiger partial charge in [0.15, 0.2) is 11.6 Å². The van der Waals surface area contributed by atoms with Crippen molar-refractivity contribution in [2.24, 2.45) is 5.92 Å². The van der Waals surface area contributed by atoms with E-state index in [9.17, 15) is 27.3 Å². The molecule has 184 valence electrons. The third kappa shape index (κ3) is 6.22. The van der Waals surface area contributed by atoms with E-state index in [1.165, 1.54) is 0 Å². The molecule has 0 aliphatic carbocycles. The number of carboxylic acids is 1. The predicted octanol–water partition coefficient (Wildman–Crippen LogP) is 3.70. The highest BCUT2D eigenvalue weighted by molar-refractivity contribution is 7.90. The van der Waals surface area contributed by atoms with Crippen LogP contribution in [0.3, 0.4) is 0 Å². The molecule has 1 amide bonds. The summed E-state index contributed by atoms with van der Waals surface area (Å²) < 4.78 is 57.0. The van der Waals surface area contributed by atoms with Crippen molar-refractivity contribution < 1.29 is 32.4 Å². The van der Waals surface area contributed by atoms with Crippen molar-refractivity contribution in [1.82, 2.24) is 9.62 Å². The lowest BCUT2D eigenvalue weighted by Crippen LogP contribution is -2.54. The highest BCUT2D eigenvalue weighted by atomic mass is 32.2. The Kier molecular flexibility index (Phi) is 8.01. The van der Waals surface area contributed by atoms with Crippen LogP contribution in [-0.4, -0.2) is 49.3 Å². The zero-order valence-electron chi connectivity index (χ0n) is 19.1. The van der Waals surface area contributed by atoms with Gasteiger partial charge in [-0.05, 0) is 70.4 Å². The van der Waals surface area contributed by atoms with Crippen LogP contribution in [0, 0.1) is 23.4 Å². The molecule has 3 rings (SSSR count). The SMILES string of the molecule is CC(C)(C)[S@+]([O-])N[C@H](Cc1cc(F)c(F)cc1F)C1CC2CCC(C1)N2C(=O)CCC(=O)O. The summed E-state index contributed by atoms with van der Waals surface area (Å²) >= 11 is -1.47. The highest BCUT2D eigenvalue weighted by Gasteiger charge is 2.46. The molecule has 2 N–H and O–H groups in total. The van der Waals surface area contributed by atoms with Crippen LogP contribution in [0.25, 0.3) is 0 Å². The maximum absolute atomic E-state index is 14.4. The molecule has 2 saturated heterocycles. The van der Waals surface area contributed by atoms with Crippen molar-refractivity contribution in [2.45, 2.75) is 88.6 Å². The fourth-order valence-corrected chi connectivity index (χ4v) is 5.78. The number of benzene rings is 1. The number of fused-ring (bicyclic) bond motifs is 2. The third-order valence-corrected chi connectivity index (χ3v) is 8.15. The Morgan fingerprint density at radius 3 is 2.24 bits per heavy atom. The van der Waals surface area contributed by atoms with Crippen LogP contribution >= 0.6 is 0 Å². The normalized spacial score (nSPS) is 24.6. The van der Waals surface area contributed by atoms with Crippen LogP contribution in [0.2, 0.25) is 0 Å². The number of hydrogen-bond donors (Lipinski definition) is 2. The molecule has 0 radical (unpaired) electrons. The fourth-order valence-electron chi connectivity index (χ4n) is 4.87. The summed E-state index contributed by atoms with van der Waals surface area (Å²) in [4.78, 5) is 25.3. The number of nitrogens with zero attached hydrogens (tertiary/aromatic N) is 1. The monoisotopic (exact) mass is 488 g/mol. The minimum Gasteiger partial charge on any atom is -0.598 e. The predicted molar refractivity (Wildman–Crippen MR) is 118 cm³/mol. The number of carboxylic acid groups (broad SMARTS) is 1. The van der Waals surface area contributed by atoms with Crippen LogP contribution in [0.4, 0.5) is 13.2 Å². The van der Waals surface area contributed by atoms with Gasteiger partial charge in [0, 0.05) is 35.9 Å². The molecule has 1 aromatic rings. The molecule has 0 aromatic heterocycles. The molecule has 10 heteroatoms. The Labute approximate surface area is 195 Å². The van der Waals surface area contributed by atoms with Crippen molar-refractivity contribution in [1.29, 1.82) is 0 Å². The molecule has 2 fully saturated rings. The first-order chi connectivity index (χ1) is 15.4. The number of aliphatic carboxylic acids is 1. The Hall–Kier alpha value is -1.78. The number of hydrogen-bond acceptors (Lipinski definition) is 4. The summed E-state index contributed by atoms with van der Waals surface area (Å²) in [6.45, 7) is 5.41. The minimum atomic E-state index is -1.47. The average molecular weight is 489 g/mol. The van der Waals surface area contributed by atoms with E-state index in [1.807, 2.05) is 0 Å². The van der Waals surface area contributed by atoms with Gasteiger partial charge < -0.3 is 14.6 Å². The second-order valence-corrected chi connectivity index (χ2v) is 12.0. The lowest BCUT2D eigenvalue weighted by atomic mass is 9.82. The van der Waals surface area contributed by atoms with Crippen LogP contribution in [0.15, 0.2) is 12.1 Å². The van der Waals surface area contributed by atoms with Gasteiger partial charge in [0.05, 0.1) is 12.5 Å². The maximum Gasteiger partial charge on any atom is 0.303 e. The summed E-state index contributed by atoms with van der Waals surface area (Å²) in [7, 11) is 0. The van der Waals surface area contributed by atoms with Crippen molar-refractivity contribution in [2.75, 3.05) is 0 Å². The largest absolute Gasteiger partial charge is 0.598 e. The fraction of sp³-hybridized carbons (Fsp3) is 0.652. The van der Waals surface area contributed by atoms with Gasteiger partial charge in [-0.15, -0.1) is 4.72 Å². The first-order valence-electron chi connectivity index (χ1n) is 11.2. The summed E-state index contributed by atoms with van der Waals surface area (Å²) in [6, 6.07) is 0.757. The molecule has 4 atom stereocenters. The molecule has 33 heavy (non-hydrogen) atoms.